The molecule has 2 rings (SSSR count). The number of guanidine groups is 1. The third-order valence-electron chi connectivity index (χ3n) is 3.49. The van der Waals surface area contributed by atoms with E-state index in [1.807, 2.05) is 23.6 Å². The highest BCUT2D eigenvalue weighted by Gasteiger charge is 2.10. The van der Waals surface area contributed by atoms with Crippen molar-refractivity contribution in [2.45, 2.75) is 33.4 Å². The summed E-state index contributed by atoms with van der Waals surface area (Å²) in [7, 11) is 3.88. The van der Waals surface area contributed by atoms with Gasteiger partial charge in [0.25, 0.3) is 0 Å². The van der Waals surface area contributed by atoms with Crippen LogP contribution in [0.3, 0.4) is 0 Å². The van der Waals surface area contributed by atoms with Gasteiger partial charge in [0.2, 0.25) is 0 Å². The van der Waals surface area contributed by atoms with Crippen molar-refractivity contribution in [3.8, 4) is 0 Å². The molecular weight excluding hydrogens is 294 g/mol. The first kappa shape index (κ1) is 16.9. The van der Waals surface area contributed by atoms with E-state index in [1.54, 1.807) is 17.3 Å². The molecular formula is C14H25N9. The minimum atomic E-state index is 0.648. The molecule has 0 fully saturated rings. The van der Waals surface area contributed by atoms with Gasteiger partial charge in [0.05, 0.1) is 13.1 Å². The summed E-state index contributed by atoms with van der Waals surface area (Å²) in [5, 5.41) is 15.4. The Kier molecular flexibility index (Phi) is 6.07. The van der Waals surface area contributed by atoms with E-state index in [1.165, 1.54) is 0 Å². The van der Waals surface area contributed by atoms with E-state index >= 15 is 0 Å². The molecule has 2 heterocycles. The maximum Gasteiger partial charge on any atom is 0.194 e. The number of nitrogens with zero attached hydrogens (tertiary/aromatic N) is 8. The van der Waals surface area contributed by atoms with E-state index in [-0.39, 0.29) is 0 Å². The average molecular weight is 319 g/mol. The van der Waals surface area contributed by atoms with Crippen LogP contribution in [0.1, 0.15) is 25.5 Å². The van der Waals surface area contributed by atoms with Gasteiger partial charge < -0.3 is 14.8 Å². The van der Waals surface area contributed by atoms with E-state index < -0.39 is 0 Å². The van der Waals surface area contributed by atoms with Crippen molar-refractivity contribution >= 4 is 5.96 Å². The lowest BCUT2D eigenvalue weighted by atomic mass is 10.4. The van der Waals surface area contributed by atoms with E-state index in [2.05, 4.69) is 44.4 Å². The number of hydrogen-bond acceptors (Lipinski definition) is 5. The second-order valence-corrected chi connectivity index (χ2v) is 5.19. The van der Waals surface area contributed by atoms with Crippen LogP contribution in [0, 0.1) is 0 Å². The summed E-state index contributed by atoms with van der Waals surface area (Å²) in [6.07, 6.45) is 4.19. The molecule has 0 aliphatic rings. The van der Waals surface area contributed by atoms with Gasteiger partial charge in [-0.15, -0.1) is 10.2 Å². The molecule has 1 N–H and O–H groups in total. The van der Waals surface area contributed by atoms with E-state index in [0.717, 1.165) is 37.1 Å². The lowest BCUT2D eigenvalue weighted by Crippen LogP contribution is -2.39. The highest BCUT2D eigenvalue weighted by atomic mass is 15.4. The molecule has 2 aromatic heterocycles. The molecule has 0 saturated carbocycles. The van der Waals surface area contributed by atoms with E-state index in [0.29, 0.717) is 13.1 Å². The largest absolute Gasteiger partial charge is 0.357 e. The molecule has 0 radical (unpaired) electrons. The Hall–Kier alpha value is -2.45. The van der Waals surface area contributed by atoms with Crippen LogP contribution in [0.5, 0.6) is 0 Å². The smallest absolute Gasteiger partial charge is 0.194 e. The van der Waals surface area contributed by atoms with Crippen LogP contribution < -0.4 is 5.32 Å². The molecule has 9 nitrogen and oxygen atoms in total. The molecule has 2 aromatic rings. The molecule has 23 heavy (non-hydrogen) atoms. The summed E-state index contributed by atoms with van der Waals surface area (Å²) in [5.41, 5.74) is 0. The summed E-state index contributed by atoms with van der Waals surface area (Å²) in [6, 6.07) is 0. The third-order valence-corrected chi connectivity index (χ3v) is 3.49. The second-order valence-electron chi connectivity index (χ2n) is 5.19. The van der Waals surface area contributed by atoms with Crippen LogP contribution >= 0.6 is 0 Å². The van der Waals surface area contributed by atoms with Crippen LogP contribution in [-0.2, 0) is 26.6 Å². The predicted molar refractivity (Wildman–Crippen MR) is 87.8 cm³/mol. The molecule has 0 spiro atoms. The Bertz CT molecular complexity index is 628. The molecule has 0 bridgehead atoms. The highest BCUT2D eigenvalue weighted by Crippen LogP contribution is 1.99. The van der Waals surface area contributed by atoms with Crippen molar-refractivity contribution in [2.24, 2.45) is 12.0 Å². The zero-order chi connectivity index (χ0) is 16.7. The van der Waals surface area contributed by atoms with Gasteiger partial charge in [-0.2, -0.15) is 5.10 Å². The average Bonchev–Trinajstić information content (AvgIpc) is 3.15. The normalized spacial score (nSPS) is 11.7. The van der Waals surface area contributed by atoms with Gasteiger partial charge in [-0.25, -0.2) is 4.98 Å². The first-order chi connectivity index (χ1) is 11.2. The maximum absolute atomic E-state index is 4.67. The fourth-order valence-electron chi connectivity index (χ4n) is 2.22. The van der Waals surface area contributed by atoms with Crippen molar-refractivity contribution in [3.63, 3.8) is 0 Å². The minimum absolute atomic E-state index is 0.648. The van der Waals surface area contributed by atoms with Gasteiger partial charge >= 0.3 is 0 Å². The highest BCUT2D eigenvalue weighted by molar-refractivity contribution is 5.79. The topological polar surface area (TPSA) is 89.1 Å². The number of aryl methyl sites for hydroxylation is 2. The molecule has 0 atom stereocenters. The predicted octanol–water partition coefficient (Wildman–Crippen LogP) is 0.0665. The zero-order valence-corrected chi connectivity index (χ0v) is 14.3. The summed E-state index contributed by atoms with van der Waals surface area (Å²) in [4.78, 5) is 11.0. The van der Waals surface area contributed by atoms with Crippen molar-refractivity contribution in [3.05, 3.63) is 24.3 Å². The first-order valence-electron chi connectivity index (χ1n) is 7.84. The number of hydrogen-bond donors (Lipinski definition) is 1. The molecule has 0 amide bonds. The molecule has 0 aromatic carbocycles. The van der Waals surface area contributed by atoms with Crippen molar-refractivity contribution < 1.29 is 0 Å². The van der Waals surface area contributed by atoms with Crippen molar-refractivity contribution in [1.82, 2.24) is 39.7 Å². The summed E-state index contributed by atoms with van der Waals surface area (Å²) in [6.45, 7) is 7.02. The fourth-order valence-corrected chi connectivity index (χ4v) is 2.22. The molecule has 9 heteroatoms. The van der Waals surface area contributed by atoms with Gasteiger partial charge in [0.15, 0.2) is 5.96 Å². The Labute approximate surface area is 136 Å². The van der Waals surface area contributed by atoms with Crippen LogP contribution in [-0.4, -0.2) is 60.5 Å². The summed E-state index contributed by atoms with van der Waals surface area (Å²) < 4.78 is 3.81. The molecule has 0 unspecified atom stereocenters. The number of aromatic nitrogens is 6. The quantitative estimate of drug-likeness (QED) is 0.574. The van der Waals surface area contributed by atoms with E-state index in [4.69, 9.17) is 0 Å². The summed E-state index contributed by atoms with van der Waals surface area (Å²) >= 11 is 0. The molecule has 126 valence electrons. The van der Waals surface area contributed by atoms with Crippen molar-refractivity contribution in [1.29, 1.82) is 0 Å². The van der Waals surface area contributed by atoms with Gasteiger partial charge in [-0.3, -0.25) is 9.67 Å². The first-order valence-corrected chi connectivity index (χ1v) is 7.84. The number of nitrogens with one attached hydrogen (secondary N) is 1. The van der Waals surface area contributed by atoms with Crippen LogP contribution in [0.4, 0.5) is 0 Å². The van der Waals surface area contributed by atoms with Crippen LogP contribution in [0.15, 0.2) is 17.6 Å². The van der Waals surface area contributed by atoms with E-state index in [9.17, 15) is 0 Å². The minimum Gasteiger partial charge on any atom is -0.357 e. The number of aliphatic imine (C=N–C) groups is 1. The SMILES string of the molecule is CCNC(=NCCn1cnnc1CC)N(C)Cc1ncnn1C. The summed E-state index contributed by atoms with van der Waals surface area (Å²) in [5.74, 6) is 2.73. The fraction of sp³-hybridized carbons (Fsp3) is 0.643. The zero-order valence-electron chi connectivity index (χ0n) is 14.3. The Balaban J connectivity index is 1.97. The van der Waals surface area contributed by atoms with Crippen LogP contribution in [0.25, 0.3) is 0 Å². The second kappa shape index (κ2) is 8.25. The number of rotatable bonds is 7. The Morgan fingerprint density at radius 2 is 2.17 bits per heavy atom. The standard InChI is InChI=1S/C14H25N9/c1-5-12-20-18-11-23(12)8-7-16-14(15-6-2)21(3)9-13-17-10-19-22(13)4/h10-11H,5-9H2,1-4H3,(H,15,16). The van der Waals surface area contributed by atoms with Crippen LogP contribution in [0.2, 0.25) is 0 Å². The lowest BCUT2D eigenvalue weighted by Gasteiger charge is -2.21. The monoisotopic (exact) mass is 319 g/mol. The third kappa shape index (κ3) is 4.51. The van der Waals surface area contributed by atoms with Crippen molar-refractivity contribution in [2.75, 3.05) is 20.1 Å². The lowest BCUT2D eigenvalue weighted by molar-refractivity contribution is 0.447. The van der Waals surface area contributed by atoms with Gasteiger partial charge in [0, 0.05) is 33.6 Å². The molecule has 0 saturated heterocycles. The molecule has 0 aliphatic heterocycles. The maximum atomic E-state index is 4.67. The Morgan fingerprint density at radius 1 is 1.35 bits per heavy atom. The van der Waals surface area contributed by atoms with Gasteiger partial charge in [0.1, 0.15) is 24.3 Å². The Morgan fingerprint density at radius 3 is 2.83 bits per heavy atom. The van der Waals surface area contributed by atoms with Gasteiger partial charge in [-0.05, 0) is 6.92 Å². The van der Waals surface area contributed by atoms with Gasteiger partial charge in [-0.1, -0.05) is 6.92 Å². The molecule has 0 aliphatic carbocycles.